The molecule has 3 rings (SSSR count). The van der Waals surface area contributed by atoms with Gasteiger partial charge in [0.2, 0.25) is 18.1 Å². The van der Waals surface area contributed by atoms with E-state index in [1.165, 1.54) is 4.90 Å². The number of carbonyl (C=O) groups excluding carboxylic acids is 1. The third kappa shape index (κ3) is 7.90. The molecule has 1 amide bonds. The number of nitrogens with zero attached hydrogens (tertiary/aromatic N) is 5. The van der Waals surface area contributed by atoms with Crippen molar-refractivity contribution in [3.8, 4) is 6.19 Å². The van der Waals surface area contributed by atoms with Crippen LogP contribution in [0.4, 0.5) is 26.3 Å². The summed E-state index contributed by atoms with van der Waals surface area (Å²) < 4.78 is 80.2. The number of nitriles is 1. The van der Waals surface area contributed by atoms with Crippen molar-refractivity contribution in [2.45, 2.75) is 76.2 Å². The van der Waals surface area contributed by atoms with Gasteiger partial charge in [-0.1, -0.05) is 19.3 Å². The van der Waals surface area contributed by atoms with Gasteiger partial charge >= 0.3 is 12.4 Å². The first kappa shape index (κ1) is 30.3. The van der Waals surface area contributed by atoms with Crippen molar-refractivity contribution in [2.75, 3.05) is 39.8 Å². The highest BCUT2D eigenvalue weighted by molar-refractivity contribution is 5.82. The maximum Gasteiger partial charge on any atom is 0.391 e. The Kier molecular flexibility index (Phi) is 10.2. The molecule has 0 aromatic rings. The third-order valence-corrected chi connectivity index (χ3v) is 8.53. The van der Waals surface area contributed by atoms with Crippen molar-refractivity contribution in [3.63, 3.8) is 0 Å². The van der Waals surface area contributed by atoms with Crippen LogP contribution in [0.5, 0.6) is 0 Å². The molecule has 2 aliphatic carbocycles. The van der Waals surface area contributed by atoms with E-state index >= 15 is 0 Å². The van der Waals surface area contributed by atoms with Crippen molar-refractivity contribution >= 4 is 11.9 Å². The van der Waals surface area contributed by atoms with Gasteiger partial charge in [0.15, 0.2) is 0 Å². The molecule has 2 saturated carbocycles. The monoisotopic (exact) mass is 552 g/mol. The number of aliphatic imine (C=N–C) groups is 1. The first-order chi connectivity index (χ1) is 17.8. The zero-order valence-electron chi connectivity index (χ0n) is 21.8. The lowest BCUT2D eigenvalue weighted by Crippen LogP contribution is -2.59. The Bertz CT molecular complexity index is 836. The maximum absolute atomic E-state index is 13.7. The first-order valence-corrected chi connectivity index (χ1v) is 13.4. The van der Waals surface area contributed by atoms with Gasteiger partial charge < -0.3 is 15.5 Å². The minimum atomic E-state index is -4.67. The Morgan fingerprint density at radius 3 is 2.05 bits per heavy atom. The molecule has 1 aliphatic heterocycles. The quantitative estimate of drug-likeness (QED) is 0.229. The summed E-state index contributed by atoms with van der Waals surface area (Å²) in [6.45, 7) is 2.18. The van der Waals surface area contributed by atoms with Gasteiger partial charge in [0.25, 0.3) is 0 Å². The molecule has 38 heavy (non-hydrogen) atoms. The zero-order valence-corrected chi connectivity index (χ0v) is 21.8. The summed E-state index contributed by atoms with van der Waals surface area (Å²) in [6, 6.07) is -0.409. The Morgan fingerprint density at radius 1 is 1.00 bits per heavy atom. The van der Waals surface area contributed by atoms with Crippen molar-refractivity contribution < 1.29 is 31.1 Å². The number of guanidine groups is 1. The fourth-order valence-corrected chi connectivity index (χ4v) is 6.38. The molecule has 3 atom stereocenters. The molecule has 1 heterocycles. The summed E-state index contributed by atoms with van der Waals surface area (Å²) in [7, 11) is 1.59. The van der Waals surface area contributed by atoms with Gasteiger partial charge in [-0.3, -0.25) is 9.69 Å². The third-order valence-electron chi connectivity index (χ3n) is 8.53. The molecule has 0 spiro atoms. The molecule has 13 heteroatoms. The topological polar surface area (TPSA) is 89.0 Å². The molecule has 3 aliphatic rings. The van der Waals surface area contributed by atoms with Crippen LogP contribution in [0, 0.1) is 35.1 Å². The minimum absolute atomic E-state index is 0.105. The standard InChI is InChI=1S/C25H38F6N6O/c1-35(8-7-17-13-19(24(26,27)28)15-20(14-17)25(29,30)31)22(38)21(18-5-3-2-4-6-18)36-9-11-37(12-10-36)23(33)34-16-32/h17-21H,2-15H2,1H3,(H2,33,34). The van der Waals surface area contributed by atoms with Gasteiger partial charge in [0.1, 0.15) is 0 Å². The number of hydrogen-bond acceptors (Lipinski definition) is 4. The number of likely N-dealkylation sites (N-methyl/N-ethyl adjacent to an activating group) is 1. The number of piperazine rings is 1. The Hall–Kier alpha value is -2.23. The van der Waals surface area contributed by atoms with Crippen LogP contribution in [-0.2, 0) is 4.79 Å². The number of halogens is 6. The summed E-state index contributed by atoms with van der Waals surface area (Å²) in [4.78, 5) is 22.7. The van der Waals surface area contributed by atoms with Crippen LogP contribution in [0.3, 0.4) is 0 Å². The second-order valence-electron chi connectivity index (χ2n) is 11.0. The lowest BCUT2D eigenvalue weighted by atomic mass is 9.73. The van der Waals surface area contributed by atoms with Crippen molar-refractivity contribution in [2.24, 2.45) is 34.4 Å². The lowest BCUT2D eigenvalue weighted by molar-refractivity contribution is -0.229. The van der Waals surface area contributed by atoms with E-state index in [0.717, 1.165) is 32.1 Å². The predicted octanol–water partition coefficient (Wildman–Crippen LogP) is 4.35. The van der Waals surface area contributed by atoms with Crippen LogP contribution in [-0.4, -0.2) is 84.7 Å². The normalized spacial score (nSPS) is 27.6. The van der Waals surface area contributed by atoms with Gasteiger partial charge in [0, 0.05) is 39.8 Å². The van der Waals surface area contributed by atoms with E-state index in [2.05, 4.69) is 9.89 Å². The van der Waals surface area contributed by atoms with E-state index in [0.29, 0.717) is 26.2 Å². The van der Waals surface area contributed by atoms with E-state index < -0.39 is 42.6 Å². The Labute approximate surface area is 220 Å². The highest BCUT2D eigenvalue weighted by Crippen LogP contribution is 2.48. The van der Waals surface area contributed by atoms with Crippen molar-refractivity contribution in [3.05, 3.63) is 0 Å². The van der Waals surface area contributed by atoms with Crippen LogP contribution >= 0.6 is 0 Å². The summed E-state index contributed by atoms with van der Waals surface area (Å²) in [5, 5.41) is 8.75. The highest BCUT2D eigenvalue weighted by atomic mass is 19.4. The number of nitrogens with two attached hydrogens (primary N) is 1. The fourth-order valence-electron chi connectivity index (χ4n) is 6.38. The Balaban J connectivity index is 1.66. The molecule has 3 fully saturated rings. The van der Waals surface area contributed by atoms with E-state index in [9.17, 15) is 31.1 Å². The second-order valence-corrected chi connectivity index (χ2v) is 11.0. The lowest BCUT2D eigenvalue weighted by Gasteiger charge is -2.44. The van der Waals surface area contributed by atoms with Crippen LogP contribution in [0.2, 0.25) is 0 Å². The molecule has 7 nitrogen and oxygen atoms in total. The first-order valence-electron chi connectivity index (χ1n) is 13.4. The summed E-state index contributed by atoms with van der Waals surface area (Å²) in [5.41, 5.74) is 5.83. The maximum atomic E-state index is 13.7. The van der Waals surface area contributed by atoms with E-state index in [-0.39, 0.29) is 43.6 Å². The molecule has 216 valence electrons. The van der Waals surface area contributed by atoms with E-state index in [1.807, 2.05) is 0 Å². The minimum Gasteiger partial charge on any atom is -0.369 e. The van der Waals surface area contributed by atoms with Crippen LogP contribution < -0.4 is 5.73 Å². The van der Waals surface area contributed by atoms with Gasteiger partial charge in [-0.2, -0.15) is 31.6 Å². The summed E-state index contributed by atoms with van der Waals surface area (Å²) in [6.07, 6.45) is -4.23. The SMILES string of the molecule is CN(CCC1CC(C(F)(F)F)CC(C(F)(F)F)C1)C(=O)C(C1CCCCC1)N1CCN(C(N)=NC#N)CC1. The second kappa shape index (κ2) is 12.7. The number of carbonyl (C=O) groups is 1. The smallest absolute Gasteiger partial charge is 0.369 e. The molecule has 0 bridgehead atoms. The average molecular weight is 553 g/mol. The van der Waals surface area contributed by atoms with Crippen molar-refractivity contribution in [1.82, 2.24) is 14.7 Å². The fraction of sp³-hybridized carbons (Fsp3) is 0.880. The van der Waals surface area contributed by atoms with Crippen LogP contribution in [0.1, 0.15) is 57.8 Å². The molecule has 0 radical (unpaired) electrons. The van der Waals surface area contributed by atoms with Crippen LogP contribution in [0.25, 0.3) is 0 Å². The van der Waals surface area contributed by atoms with Gasteiger partial charge in [-0.15, -0.1) is 4.99 Å². The van der Waals surface area contributed by atoms with Gasteiger partial charge in [-0.25, -0.2) is 0 Å². The van der Waals surface area contributed by atoms with Crippen molar-refractivity contribution in [1.29, 1.82) is 5.26 Å². The average Bonchev–Trinajstić information content (AvgIpc) is 2.87. The molecule has 0 aromatic heterocycles. The summed E-state index contributed by atoms with van der Waals surface area (Å²) in [5.74, 6) is -4.58. The molecular formula is C25H38F6N6O. The predicted molar refractivity (Wildman–Crippen MR) is 129 cm³/mol. The molecule has 1 saturated heterocycles. The molecule has 3 unspecified atom stereocenters. The van der Waals surface area contributed by atoms with Gasteiger partial charge in [-0.05, 0) is 50.4 Å². The van der Waals surface area contributed by atoms with Gasteiger partial charge in [0.05, 0.1) is 17.9 Å². The largest absolute Gasteiger partial charge is 0.391 e. The molecule has 0 aromatic carbocycles. The molecule has 2 N–H and O–H groups in total. The van der Waals surface area contributed by atoms with Crippen LogP contribution in [0.15, 0.2) is 4.99 Å². The summed E-state index contributed by atoms with van der Waals surface area (Å²) >= 11 is 0. The number of rotatable bonds is 6. The van der Waals surface area contributed by atoms with E-state index in [1.54, 1.807) is 18.1 Å². The zero-order chi connectivity index (χ0) is 28.1. The number of alkyl halides is 6. The molecular weight excluding hydrogens is 514 g/mol. The number of amides is 1. The Morgan fingerprint density at radius 2 is 1.55 bits per heavy atom. The number of hydrogen-bond donors (Lipinski definition) is 1. The highest BCUT2D eigenvalue weighted by Gasteiger charge is 2.51. The van der Waals surface area contributed by atoms with E-state index in [4.69, 9.17) is 11.0 Å².